The van der Waals surface area contributed by atoms with Crippen molar-refractivity contribution in [3.63, 3.8) is 0 Å². The Morgan fingerprint density at radius 2 is 1.51 bits per heavy atom. The second kappa shape index (κ2) is 26.1. The zero-order chi connectivity index (χ0) is 60.4. The molecule has 1 amide bonds. The average molecular weight is 1240 g/mol. The molecule has 2 aliphatic heterocycles. The molecule has 2 aliphatic rings. The molecule has 0 aliphatic carbocycles. The summed E-state index contributed by atoms with van der Waals surface area (Å²) < 4.78 is 107. The first-order valence-electron chi connectivity index (χ1n) is 27.2. The van der Waals surface area contributed by atoms with Crippen molar-refractivity contribution in [2.45, 2.75) is 178 Å². The van der Waals surface area contributed by atoms with Crippen LogP contribution in [0, 0.1) is 17.1 Å². The van der Waals surface area contributed by atoms with Gasteiger partial charge in [-0.1, -0.05) is 94.4 Å². The van der Waals surface area contributed by atoms with Gasteiger partial charge in [0.1, 0.15) is 36.1 Å². The number of hydrogen-bond donors (Lipinski definition) is 4. The van der Waals surface area contributed by atoms with Crippen LogP contribution in [-0.2, 0) is 56.7 Å². The summed E-state index contributed by atoms with van der Waals surface area (Å²) in [5.41, 5.74) is -1.54. The van der Waals surface area contributed by atoms with Gasteiger partial charge in [0, 0.05) is 29.8 Å². The van der Waals surface area contributed by atoms with E-state index in [1.807, 2.05) is 95.3 Å². The number of anilines is 1. The number of benzene rings is 1. The Bertz CT molecular complexity index is 3200. The molecule has 5 aromatic rings. The molecule has 2 fully saturated rings. The third kappa shape index (κ3) is 13.5. The molecule has 25 nitrogen and oxygen atoms in total. The first-order chi connectivity index (χ1) is 38.4. The Kier molecular flexibility index (Phi) is 20.7. The topological polar surface area (TPSA) is 314 Å². The SMILES string of the molecule is CC(C)[Si](O)(O[Si](O[C@H]1[C@@H](OP(=O)(OCCC#N)OCC[C@H]2O[C@@H](n3cnc4c(NC(=O)c5ccccc5)ncnc43)[C@H](O[Si](C)(C)C(C)(C)C)[C@@H]2O[P+](=O)O)[C@H](n2cc(F)c3c(=O)n(C)cnc32)O[C@@H]1CO)(C(C)C)C(C)C)C(C)C. The number of carbonyl (C=O) groups excluding carboxylic acids is 1. The van der Waals surface area contributed by atoms with Gasteiger partial charge < -0.3 is 46.8 Å². The molecule has 4 N–H and O–H groups in total. The lowest BCUT2D eigenvalue weighted by Crippen LogP contribution is -2.62. The van der Waals surface area contributed by atoms with Gasteiger partial charge in [0.25, 0.3) is 11.5 Å². The van der Waals surface area contributed by atoms with Gasteiger partial charge in [0.05, 0.1) is 51.1 Å². The highest BCUT2D eigenvalue weighted by molar-refractivity contribution is 7.48. The van der Waals surface area contributed by atoms with Gasteiger partial charge in [-0.25, -0.2) is 28.9 Å². The Morgan fingerprint density at radius 3 is 2.11 bits per heavy atom. The number of nitrogens with zero attached hydrogens (tertiary/aromatic N) is 8. The van der Waals surface area contributed by atoms with E-state index in [9.17, 15) is 34.2 Å². The van der Waals surface area contributed by atoms with Crippen molar-refractivity contribution in [2.24, 2.45) is 7.05 Å². The molecule has 2 saturated heterocycles. The number of phosphoric ester groups is 1. The van der Waals surface area contributed by atoms with E-state index in [1.165, 1.54) is 35.2 Å². The monoisotopic (exact) mass is 1240 g/mol. The van der Waals surface area contributed by atoms with Crippen LogP contribution in [0.25, 0.3) is 22.2 Å². The highest BCUT2D eigenvalue weighted by Gasteiger charge is 2.61. The summed E-state index contributed by atoms with van der Waals surface area (Å²) in [6.07, 6.45) is -6.54. The third-order valence-electron chi connectivity index (χ3n) is 15.5. The number of phosphoric acid groups is 1. The second-order valence-electron chi connectivity index (χ2n) is 23.2. The number of carbonyl (C=O) groups is 1. The minimum absolute atomic E-state index is 0.0905. The third-order valence-corrected chi connectivity index (χ3v) is 31.6. The van der Waals surface area contributed by atoms with Crippen LogP contribution < -0.4 is 10.9 Å². The summed E-state index contributed by atoms with van der Waals surface area (Å²) in [4.78, 5) is 67.3. The summed E-state index contributed by atoms with van der Waals surface area (Å²) in [6.45, 7) is 23.2. The van der Waals surface area contributed by atoms with Crippen LogP contribution >= 0.6 is 16.1 Å². The molecule has 82 heavy (non-hydrogen) atoms. The lowest BCUT2D eigenvalue weighted by molar-refractivity contribution is -0.0540. The van der Waals surface area contributed by atoms with Crippen molar-refractivity contribution >= 4 is 75.4 Å². The standard InChI is InChI=1S/C51H76FN9O16P2Si3/c1-30(2)81(68,31(3)4)77-82(32(5)6,33(7)8)76-41-37(26-62)72-49(60-25-35(52)38-45(60)57-28-59(12)48(38)64)42(41)74-79(67,69-23-18-22-53)70-24-21-36-40(73-78(65)66)43(75-80(13,14)51(9,10)11)50(71-36)61-29-56-39-44(54-27-55-46(39)61)58-47(63)34-19-16-15-17-20-34/h15-17,19-20,25,27-33,36-37,40-43,49-50,62,68H,18,21,23-24,26H2,1-14H3,(H-,54,55,58,63,65,66)/p+1/t36-,37-,40-,41-,42-,43-,49-,50-,79?/m1/s1. The van der Waals surface area contributed by atoms with Gasteiger partial charge in [-0.2, -0.15) is 5.26 Å². The van der Waals surface area contributed by atoms with Gasteiger partial charge >= 0.3 is 33.2 Å². The van der Waals surface area contributed by atoms with E-state index in [2.05, 4.69) is 25.3 Å². The smallest absolute Gasteiger partial charge is 0.414 e. The summed E-state index contributed by atoms with van der Waals surface area (Å²) >= 11 is 0. The van der Waals surface area contributed by atoms with Crippen LogP contribution in [0.15, 0.2) is 60.3 Å². The lowest BCUT2D eigenvalue weighted by Gasteiger charge is -2.47. The summed E-state index contributed by atoms with van der Waals surface area (Å²) in [6, 6.07) is 10.4. The molecule has 2 unspecified atom stereocenters. The molecular formula is C51H77FN9O16P2Si3+. The van der Waals surface area contributed by atoms with Crippen molar-refractivity contribution in [2.75, 3.05) is 25.1 Å². The summed E-state index contributed by atoms with van der Waals surface area (Å²) in [5.74, 6) is -1.33. The first-order valence-corrected chi connectivity index (χ1v) is 36.6. The van der Waals surface area contributed by atoms with Crippen molar-refractivity contribution in [1.29, 1.82) is 5.26 Å². The maximum atomic E-state index is 16.1. The predicted octanol–water partition coefficient (Wildman–Crippen LogP) is 8.93. The number of imidazole rings is 1. The molecule has 0 saturated carbocycles. The van der Waals surface area contributed by atoms with Crippen LogP contribution in [-0.4, -0.2) is 136 Å². The minimum Gasteiger partial charge on any atom is -0.414 e. The van der Waals surface area contributed by atoms with Crippen molar-refractivity contribution in [1.82, 2.24) is 33.6 Å². The van der Waals surface area contributed by atoms with E-state index in [1.54, 1.807) is 30.3 Å². The number of amides is 1. The normalized spacial score (nSPS) is 23.0. The number of nitriles is 1. The molecule has 450 valence electrons. The number of nitrogens with one attached hydrogen (secondary N) is 1. The molecule has 0 bridgehead atoms. The summed E-state index contributed by atoms with van der Waals surface area (Å²) in [5, 5.41) is 22.8. The molecule has 6 heterocycles. The molecule has 7 rings (SSSR count). The number of ether oxygens (including phenoxy) is 2. The number of fused-ring (bicyclic) bond motifs is 2. The van der Waals surface area contributed by atoms with E-state index >= 15 is 8.96 Å². The van der Waals surface area contributed by atoms with E-state index in [0.717, 1.165) is 10.8 Å². The first kappa shape index (κ1) is 65.1. The van der Waals surface area contributed by atoms with Gasteiger partial charge in [-0.15, -0.1) is 9.42 Å². The largest absolute Gasteiger partial charge is 0.695 e. The van der Waals surface area contributed by atoms with Gasteiger partial charge in [0.2, 0.25) is 0 Å². The van der Waals surface area contributed by atoms with Crippen molar-refractivity contribution in [3.05, 3.63) is 77.2 Å². The molecule has 0 radical (unpaired) electrons. The molecule has 1 aromatic carbocycles. The van der Waals surface area contributed by atoms with Gasteiger partial charge in [-0.05, 0) is 52.4 Å². The van der Waals surface area contributed by atoms with E-state index in [-0.39, 0.29) is 57.6 Å². The number of rotatable bonds is 26. The molecule has 0 spiro atoms. The Morgan fingerprint density at radius 1 is 0.878 bits per heavy atom. The number of aliphatic hydroxyl groups is 1. The van der Waals surface area contributed by atoms with E-state index in [4.69, 9.17) is 40.5 Å². The van der Waals surface area contributed by atoms with E-state index in [0.29, 0.717) is 5.56 Å². The van der Waals surface area contributed by atoms with Gasteiger partial charge in [-0.3, -0.25) is 27.7 Å². The fourth-order valence-electron chi connectivity index (χ4n) is 9.95. The minimum atomic E-state index is -5.04. The van der Waals surface area contributed by atoms with Crippen LogP contribution in [0.5, 0.6) is 0 Å². The number of aryl methyl sites for hydroxylation is 1. The second-order valence-corrected chi connectivity index (χ2v) is 38.9. The molecule has 4 aromatic heterocycles. The quantitative estimate of drug-likeness (QED) is 0.0228. The average Bonchev–Trinajstić information content (AvgIpc) is 2.33. The molecule has 31 heteroatoms. The lowest BCUT2D eigenvalue weighted by atomic mass is 10.1. The van der Waals surface area contributed by atoms with Crippen molar-refractivity contribution < 1.29 is 73.6 Å². The fourth-order valence-corrected chi connectivity index (χ4v) is 23.0. The molecular weight excluding hydrogens is 1160 g/mol. The predicted molar refractivity (Wildman–Crippen MR) is 306 cm³/mol. The van der Waals surface area contributed by atoms with Gasteiger partial charge in [0.15, 0.2) is 55.3 Å². The number of aliphatic hydroxyl groups excluding tert-OH is 1. The zero-order valence-electron chi connectivity index (χ0n) is 48.7. The number of aromatic nitrogens is 7. The fraction of sp³-hybridized carbons (Fsp3) is 0.627. The van der Waals surface area contributed by atoms with Crippen LogP contribution in [0.4, 0.5) is 10.2 Å². The number of halogens is 1. The Labute approximate surface area is 479 Å². The van der Waals surface area contributed by atoms with E-state index < -0.39 is 138 Å². The zero-order valence-corrected chi connectivity index (χ0v) is 53.4. The van der Waals surface area contributed by atoms with Crippen LogP contribution in [0.3, 0.4) is 0 Å². The maximum absolute atomic E-state index is 16.1. The number of hydrogen-bond acceptors (Lipinski definition) is 20. The highest BCUT2D eigenvalue weighted by Crippen LogP contribution is 2.56. The maximum Gasteiger partial charge on any atom is 0.695 e. The van der Waals surface area contributed by atoms with Crippen LogP contribution in [0.2, 0.25) is 40.3 Å². The van der Waals surface area contributed by atoms with Crippen LogP contribution in [0.1, 0.15) is 112 Å². The highest BCUT2D eigenvalue weighted by atomic mass is 31.2. The Hall–Kier alpha value is -4.42. The molecule has 10 atom stereocenters. The Balaban J connectivity index is 1.29. The van der Waals surface area contributed by atoms with Crippen molar-refractivity contribution in [3.8, 4) is 6.07 Å². The summed E-state index contributed by atoms with van der Waals surface area (Å²) in [7, 11) is -17.2.